The molecule has 1 aromatic heterocycles. The maximum Gasteiger partial charge on any atom is 0.273 e. The van der Waals surface area contributed by atoms with Crippen molar-refractivity contribution in [2.45, 2.75) is 64.7 Å². The Morgan fingerprint density at radius 3 is 2.54 bits per heavy atom. The van der Waals surface area contributed by atoms with E-state index in [0.717, 1.165) is 54.9 Å². The zero-order valence-electron chi connectivity index (χ0n) is 14.6. The Bertz CT molecular complexity index is 627. The molecule has 130 valence electrons. The van der Waals surface area contributed by atoms with Gasteiger partial charge in [0.25, 0.3) is 5.91 Å². The Hall–Kier alpha value is -1.32. The van der Waals surface area contributed by atoms with Gasteiger partial charge in [0.15, 0.2) is 5.69 Å². The van der Waals surface area contributed by atoms with E-state index in [9.17, 15) is 4.79 Å². The second kappa shape index (κ2) is 5.34. The van der Waals surface area contributed by atoms with Crippen LogP contribution >= 0.6 is 0 Å². The molecule has 4 nitrogen and oxygen atoms in total. The highest BCUT2D eigenvalue weighted by atomic mass is 16.5. The molecule has 24 heavy (non-hydrogen) atoms. The van der Waals surface area contributed by atoms with Crippen molar-refractivity contribution in [1.82, 2.24) is 10.5 Å². The van der Waals surface area contributed by atoms with Gasteiger partial charge in [0, 0.05) is 18.5 Å². The summed E-state index contributed by atoms with van der Waals surface area (Å²) in [6, 6.07) is 0. The first-order chi connectivity index (χ1) is 11.6. The summed E-state index contributed by atoms with van der Waals surface area (Å²) in [7, 11) is 0. The highest BCUT2D eigenvalue weighted by Crippen LogP contribution is 2.59. The zero-order valence-corrected chi connectivity index (χ0v) is 14.6. The number of nitrogens with one attached hydrogen (secondary N) is 1. The molecule has 1 N–H and O–H groups in total. The van der Waals surface area contributed by atoms with Crippen LogP contribution in [0.5, 0.6) is 0 Å². The fraction of sp³-hybridized carbons (Fsp3) is 0.800. The topological polar surface area (TPSA) is 55.1 Å². The number of aromatic nitrogens is 1. The van der Waals surface area contributed by atoms with E-state index in [1.807, 2.05) is 0 Å². The fourth-order valence-corrected chi connectivity index (χ4v) is 6.61. The molecule has 4 fully saturated rings. The summed E-state index contributed by atoms with van der Waals surface area (Å²) in [5.74, 6) is 4.32. The third kappa shape index (κ3) is 2.41. The monoisotopic (exact) mass is 328 g/mol. The van der Waals surface area contributed by atoms with Gasteiger partial charge < -0.3 is 9.84 Å². The van der Waals surface area contributed by atoms with E-state index in [1.165, 1.54) is 38.5 Å². The SMILES string of the molecule is C[C@@H]1CCc2onc(C(=O)NCC34CC5CC(CC(C5)C3)C4)c2C1. The maximum absolute atomic E-state index is 12.7. The molecule has 1 amide bonds. The first-order valence-electron chi connectivity index (χ1n) is 9.86. The molecule has 0 aliphatic heterocycles. The lowest BCUT2D eigenvalue weighted by atomic mass is 9.49. The summed E-state index contributed by atoms with van der Waals surface area (Å²) in [5, 5.41) is 7.36. The van der Waals surface area contributed by atoms with Crippen LogP contribution in [0.1, 0.15) is 73.7 Å². The number of nitrogens with zero attached hydrogens (tertiary/aromatic N) is 1. The number of hydrogen-bond donors (Lipinski definition) is 1. The summed E-state index contributed by atoms with van der Waals surface area (Å²) in [4.78, 5) is 12.7. The summed E-state index contributed by atoms with van der Waals surface area (Å²) >= 11 is 0. The van der Waals surface area contributed by atoms with Gasteiger partial charge in [0.2, 0.25) is 0 Å². The Kier molecular flexibility index (Phi) is 3.33. The molecule has 1 atom stereocenters. The average Bonchev–Trinajstić information content (AvgIpc) is 2.94. The number of amides is 1. The predicted molar refractivity (Wildman–Crippen MR) is 90.6 cm³/mol. The van der Waals surface area contributed by atoms with Gasteiger partial charge in [0.1, 0.15) is 5.76 Å². The first-order valence-corrected chi connectivity index (χ1v) is 9.86. The molecule has 4 saturated carbocycles. The van der Waals surface area contributed by atoms with E-state index in [2.05, 4.69) is 17.4 Å². The van der Waals surface area contributed by atoms with E-state index in [1.54, 1.807) is 0 Å². The summed E-state index contributed by atoms with van der Waals surface area (Å²) in [5.41, 5.74) is 2.00. The standard InChI is InChI=1S/C20H28N2O2/c1-12-2-3-17-16(4-12)18(22-24-17)19(23)21-11-20-8-13-5-14(9-20)7-15(6-13)10-20/h12-15H,2-11H2,1H3,(H,21,23)/t12-,13?,14?,15?,20?/m1/s1. The van der Waals surface area contributed by atoms with Crippen LogP contribution < -0.4 is 5.32 Å². The molecule has 1 aromatic rings. The van der Waals surface area contributed by atoms with E-state index in [0.29, 0.717) is 17.0 Å². The predicted octanol–water partition coefficient (Wildman–Crippen LogP) is 3.75. The van der Waals surface area contributed by atoms with E-state index in [-0.39, 0.29) is 5.91 Å². The second-order valence-corrected chi connectivity index (χ2v) is 9.38. The smallest absolute Gasteiger partial charge is 0.273 e. The number of hydrogen-bond acceptors (Lipinski definition) is 3. The van der Waals surface area contributed by atoms with Crippen molar-refractivity contribution in [3.05, 3.63) is 17.0 Å². The third-order valence-corrected chi connectivity index (χ3v) is 7.29. The minimum Gasteiger partial charge on any atom is -0.360 e. The van der Waals surface area contributed by atoms with Crippen LogP contribution in [0.15, 0.2) is 4.52 Å². The van der Waals surface area contributed by atoms with Crippen molar-refractivity contribution in [2.24, 2.45) is 29.1 Å². The van der Waals surface area contributed by atoms with Gasteiger partial charge in [-0.15, -0.1) is 0 Å². The van der Waals surface area contributed by atoms with E-state index < -0.39 is 0 Å². The molecular weight excluding hydrogens is 300 g/mol. The van der Waals surface area contributed by atoms with Crippen LogP contribution in [0.25, 0.3) is 0 Å². The van der Waals surface area contributed by atoms with Gasteiger partial charge in [-0.05, 0) is 80.5 Å². The first kappa shape index (κ1) is 15.0. The largest absolute Gasteiger partial charge is 0.360 e. The van der Waals surface area contributed by atoms with Crippen LogP contribution in [0.2, 0.25) is 0 Å². The molecule has 4 heteroatoms. The van der Waals surface area contributed by atoms with Crippen LogP contribution in [0.4, 0.5) is 0 Å². The van der Waals surface area contributed by atoms with E-state index in [4.69, 9.17) is 4.52 Å². The van der Waals surface area contributed by atoms with Gasteiger partial charge in [0.05, 0.1) is 0 Å². The number of rotatable bonds is 3. The molecule has 0 saturated heterocycles. The average molecular weight is 328 g/mol. The highest BCUT2D eigenvalue weighted by Gasteiger charge is 2.50. The normalized spacial score (nSPS) is 39.7. The number of carbonyl (C=O) groups is 1. The van der Waals surface area contributed by atoms with Crippen molar-refractivity contribution in [3.8, 4) is 0 Å². The van der Waals surface area contributed by atoms with Crippen molar-refractivity contribution in [1.29, 1.82) is 0 Å². The Morgan fingerprint density at radius 2 is 1.88 bits per heavy atom. The van der Waals surface area contributed by atoms with Crippen molar-refractivity contribution >= 4 is 5.91 Å². The van der Waals surface area contributed by atoms with E-state index >= 15 is 0 Å². The van der Waals surface area contributed by atoms with Crippen molar-refractivity contribution < 1.29 is 9.32 Å². The number of fused-ring (bicyclic) bond motifs is 1. The highest BCUT2D eigenvalue weighted by molar-refractivity contribution is 5.93. The van der Waals surface area contributed by atoms with Crippen LogP contribution in [0.3, 0.4) is 0 Å². The molecule has 0 spiro atoms. The fourth-order valence-electron chi connectivity index (χ4n) is 6.61. The molecule has 0 radical (unpaired) electrons. The summed E-state index contributed by atoms with van der Waals surface area (Å²) in [6.45, 7) is 3.08. The molecule has 5 aliphatic rings. The van der Waals surface area contributed by atoms with Crippen molar-refractivity contribution in [3.63, 3.8) is 0 Å². The van der Waals surface area contributed by atoms with Gasteiger partial charge in [-0.25, -0.2) is 0 Å². The third-order valence-electron chi connectivity index (χ3n) is 7.29. The molecule has 0 aromatic carbocycles. The lowest BCUT2D eigenvalue weighted by Crippen LogP contribution is -2.51. The molecule has 5 aliphatic carbocycles. The van der Waals surface area contributed by atoms with Gasteiger partial charge >= 0.3 is 0 Å². The van der Waals surface area contributed by atoms with Gasteiger partial charge in [-0.2, -0.15) is 0 Å². The summed E-state index contributed by atoms with van der Waals surface area (Å²) in [6.07, 6.45) is 11.3. The minimum absolute atomic E-state index is 0.00940. The summed E-state index contributed by atoms with van der Waals surface area (Å²) < 4.78 is 5.44. The van der Waals surface area contributed by atoms with Crippen molar-refractivity contribution in [2.75, 3.05) is 6.54 Å². The quantitative estimate of drug-likeness (QED) is 0.919. The Labute approximate surface area is 143 Å². The van der Waals surface area contributed by atoms with Crippen LogP contribution in [-0.2, 0) is 12.8 Å². The van der Waals surface area contributed by atoms with Crippen LogP contribution in [-0.4, -0.2) is 17.6 Å². The number of carbonyl (C=O) groups excluding carboxylic acids is 1. The molecule has 0 unspecified atom stereocenters. The number of aryl methyl sites for hydroxylation is 1. The molecule has 4 bridgehead atoms. The second-order valence-electron chi connectivity index (χ2n) is 9.38. The Morgan fingerprint density at radius 1 is 1.21 bits per heavy atom. The zero-order chi connectivity index (χ0) is 16.3. The Balaban J connectivity index is 1.29. The molecular formula is C20H28N2O2. The van der Waals surface area contributed by atoms with Gasteiger partial charge in [-0.3, -0.25) is 4.79 Å². The van der Waals surface area contributed by atoms with Crippen LogP contribution in [0, 0.1) is 29.1 Å². The molecule has 6 rings (SSSR count). The lowest BCUT2D eigenvalue weighted by molar-refractivity contribution is -0.0503. The van der Waals surface area contributed by atoms with Gasteiger partial charge in [-0.1, -0.05) is 12.1 Å². The minimum atomic E-state index is -0.00940. The maximum atomic E-state index is 12.7. The molecule has 1 heterocycles. The lowest BCUT2D eigenvalue weighted by Gasteiger charge is -2.56.